The first-order valence-corrected chi connectivity index (χ1v) is 11.3. The Kier molecular flexibility index (Phi) is 5.47. The van der Waals surface area contributed by atoms with Gasteiger partial charge in [0, 0.05) is 32.2 Å². The van der Waals surface area contributed by atoms with Crippen LogP contribution in [-0.2, 0) is 6.42 Å². The number of allylic oxidation sites excluding steroid dienone is 1. The van der Waals surface area contributed by atoms with Crippen molar-refractivity contribution in [1.29, 1.82) is 5.26 Å². The molecule has 2 aliphatic rings. The summed E-state index contributed by atoms with van der Waals surface area (Å²) in [6, 6.07) is 10.4. The van der Waals surface area contributed by atoms with Gasteiger partial charge in [0.15, 0.2) is 5.13 Å². The van der Waals surface area contributed by atoms with Crippen molar-refractivity contribution in [2.75, 3.05) is 43.4 Å². The summed E-state index contributed by atoms with van der Waals surface area (Å²) in [6.07, 6.45) is 4.72. The molecular weight excluding hydrogens is 422 g/mol. The Balaban J connectivity index is 1.44. The van der Waals surface area contributed by atoms with Crippen LogP contribution in [0.5, 0.6) is 11.8 Å². The fraction of sp³-hybridized carbons (Fsp3) is 0.304. The van der Waals surface area contributed by atoms with E-state index in [1.165, 1.54) is 28.0 Å². The first-order chi connectivity index (χ1) is 15.6. The Hall–Kier alpha value is -3.48. The second kappa shape index (κ2) is 8.57. The highest BCUT2D eigenvalue weighted by molar-refractivity contribution is 7.16. The lowest BCUT2D eigenvalue weighted by molar-refractivity contribution is 0.311. The number of piperazine rings is 1. The minimum Gasteiger partial charge on any atom is -0.424 e. The van der Waals surface area contributed by atoms with Crippen molar-refractivity contribution < 1.29 is 4.74 Å². The van der Waals surface area contributed by atoms with Gasteiger partial charge in [-0.1, -0.05) is 29.1 Å². The third kappa shape index (κ3) is 4.42. The van der Waals surface area contributed by atoms with Gasteiger partial charge < -0.3 is 19.9 Å². The number of hydrogen-bond donors (Lipinski definition) is 1. The van der Waals surface area contributed by atoms with Crippen molar-refractivity contribution in [2.45, 2.75) is 13.3 Å². The van der Waals surface area contributed by atoms with Crippen LogP contribution < -0.4 is 15.0 Å². The molecule has 0 amide bonds. The van der Waals surface area contributed by atoms with Crippen molar-refractivity contribution >= 4 is 34.2 Å². The number of likely N-dealkylation sites (N-methyl/N-ethyl adjacent to an activating group) is 1. The standard InChI is InChI=1S/C23H23N7OS/c1-15-9-16-3-4-18(11-17(16)10-15)31-22-26-20(27-23-25-14-19(13-24)32-23)12-21(28-22)30-7-5-29(2)6-8-30/h3-4,10-12,14H,5-9H2,1-2H3,(H,25,26,27,28). The number of nitrogens with zero attached hydrogens (tertiary/aromatic N) is 6. The van der Waals surface area contributed by atoms with Crippen LogP contribution >= 0.6 is 11.3 Å². The number of thiazole rings is 1. The molecule has 3 aromatic rings. The van der Waals surface area contributed by atoms with Crippen LogP contribution in [0.25, 0.3) is 6.08 Å². The lowest BCUT2D eigenvalue weighted by Gasteiger charge is -2.33. The van der Waals surface area contributed by atoms with Gasteiger partial charge in [0.05, 0.1) is 6.20 Å². The summed E-state index contributed by atoms with van der Waals surface area (Å²) in [5, 5.41) is 12.9. The van der Waals surface area contributed by atoms with E-state index in [4.69, 9.17) is 15.0 Å². The van der Waals surface area contributed by atoms with Gasteiger partial charge in [-0.15, -0.1) is 0 Å². The molecule has 162 valence electrons. The maximum Gasteiger partial charge on any atom is 0.325 e. The molecule has 5 rings (SSSR count). The fourth-order valence-electron chi connectivity index (χ4n) is 3.87. The molecule has 0 atom stereocenters. The van der Waals surface area contributed by atoms with Gasteiger partial charge in [-0.3, -0.25) is 0 Å². The van der Waals surface area contributed by atoms with Crippen molar-refractivity contribution in [1.82, 2.24) is 19.9 Å². The van der Waals surface area contributed by atoms with E-state index in [1.54, 1.807) is 6.20 Å². The molecule has 9 heteroatoms. The number of fused-ring (bicyclic) bond motifs is 1. The van der Waals surface area contributed by atoms with Crippen molar-refractivity contribution in [3.8, 4) is 17.8 Å². The summed E-state index contributed by atoms with van der Waals surface area (Å²) in [4.78, 5) is 18.6. The molecule has 0 radical (unpaired) electrons. The van der Waals surface area contributed by atoms with E-state index in [1.807, 2.05) is 18.2 Å². The van der Waals surface area contributed by atoms with Gasteiger partial charge in [-0.25, -0.2) is 4.98 Å². The largest absolute Gasteiger partial charge is 0.424 e. The molecule has 0 bridgehead atoms. The number of aromatic nitrogens is 3. The molecule has 1 N–H and O–H groups in total. The zero-order valence-corrected chi connectivity index (χ0v) is 18.8. The number of hydrogen-bond acceptors (Lipinski definition) is 9. The molecule has 1 aromatic carbocycles. The van der Waals surface area contributed by atoms with Crippen LogP contribution in [0.1, 0.15) is 22.9 Å². The lowest BCUT2D eigenvalue weighted by Crippen LogP contribution is -2.44. The summed E-state index contributed by atoms with van der Waals surface area (Å²) in [6.45, 7) is 5.84. The minimum absolute atomic E-state index is 0.277. The molecule has 0 unspecified atom stereocenters. The van der Waals surface area contributed by atoms with E-state index < -0.39 is 0 Å². The molecule has 2 aromatic heterocycles. The molecule has 32 heavy (non-hydrogen) atoms. The molecule has 8 nitrogen and oxygen atoms in total. The Bertz CT molecular complexity index is 1220. The van der Waals surface area contributed by atoms with Crippen LogP contribution in [0.2, 0.25) is 0 Å². The van der Waals surface area contributed by atoms with Gasteiger partial charge in [0.2, 0.25) is 0 Å². The number of ether oxygens (including phenoxy) is 1. The maximum atomic E-state index is 9.08. The predicted molar refractivity (Wildman–Crippen MR) is 126 cm³/mol. The third-order valence-electron chi connectivity index (χ3n) is 5.57. The van der Waals surface area contributed by atoms with E-state index in [0.717, 1.165) is 38.4 Å². The molecule has 1 fully saturated rings. The quantitative estimate of drug-likeness (QED) is 0.629. The summed E-state index contributed by atoms with van der Waals surface area (Å²) in [7, 11) is 2.12. The molecule has 3 heterocycles. The summed E-state index contributed by atoms with van der Waals surface area (Å²) in [5.41, 5.74) is 3.83. The Labute approximate surface area is 190 Å². The number of benzene rings is 1. The number of nitriles is 1. The average Bonchev–Trinajstić information content (AvgIpc) is 3.39. The van der Waals surface area contributed by atoms with Crippen LogP contribution in [0.3, 0.4) is 0 Å². The highest BCUT2D eigenvalue weighted by atomic mass is 32.1. The van der Waals surface area contributed by atoms with Crippen molar-refractivity contribution in [2.24, 2.45) is 0 Å². The highest BCUT2D eigenvalue weighted by Crippen LogP contribution is 2.31. The number of rotatable bonds is 5. The van der Waals surface area contributed by atoms with Crippen LogP contribution in [-0.4, -0.2) is 53.1 Å². The van der Waals surface area contributed by atoms with Crippen molar-refractivity contribution in [3.05, 3.63) is 52.0 Å². The summed E-state index contributed by atoms with van der Waals surface area (Å²) in [5.74, 6) is 2.09. The number of nitrogens with one attached hydrogen (secondary N) is 1. The maximum absolute atomic E-state index is 9.08. The molecule has 1 aliphatic heterocycles. The third-order valence-corrected chi connectivity index (χ3v) is 6.39. The Morgan fingerprint density at radius 3 is 2.78 bits per heavy atom. The first-order valence-electron chi connectivity index (χ1n) is 10.5. The molecule has 1 saturated heterocycles. The van der Waals surface area contributed by atoms with Crippen molar-refractivity contribution in [3.63, 3.8) is 0 Å². The zero-order valence-electron chi connectivity index (χ0n) is 18.0. The molecule has 0 saturated carbocycles. The Morgan fingerprint density at radius 2 is 2.00 bits per heavy atom. The molecular formula is C23H23N7OS. The topological polar surface area (TPSA) is 90.2 Å². The summed E-state index contributed by atoms with van der Waals surface area (Å²) < 4.78 is 6.10. The smallest absolute Gasteiger partial charge is 0.325 e. The highest BCUT2D eigenvalue weighted by Gasteiger charge is 2.19. The van der Waals surface area contributed by atoms with E-state index in [0.29, 0.717) is 21.6 Å². The second-order valence-corrected chi connectivity index (χ2v) is 9.11. The van der Waals surface area contributed by atoms with Gasteiger partial charge in [0.1, 0.15) is 28.3 Å². The predicted octanol–water partition coefficient (Wildman–Crippen LogP) is 4.05. The normalized spacial score (nSPS) is 15.8. The lowest BCUT2D eigenvalue weighted by atomic mass is 10.1. The summed E-state index contributed by atoms with van der Waals surface area (Å²) >= 11 is 1.28. The van der Waals surface area contributed by atoms with E-state index >= 15 is 0 Å². The average molecular weight is 446 g/mol. The minimum atomic E-state index is 0.277. The van der Waals surface area contributed by atoms with E-state index in [-0.39, 0.29) is 6.01 Å². The SMILES string of the molecule is CC1=Cc2cc(Oc3nc(Nc4ncc(C#N)s4)cc(N4CCN(C)CC4)n3)ccc2C1. The molecule has 0 spiro atoms. The second-order valence-electron chi connectivity index (χ2n) is 8.08. The number of anilines is 3. The monoisotopic (exact) mass is 445 g/mol. The molecule has 1 aliphatic carbocycles. The zero-order chi connectivity index (χ0) is 22.1. The van der Waals surface area contributed by atoms with Gasteiger partial charge in [0.25, 0.3) is 0 Å². The fourth-order valence-corrected chi connectivity index (χ4v) is 4.49. The first kappa shape index (κ1) is 20.4. The van der Waals surface area contributed by atoms with Gasteiger partial charge in [-0.2, -0.15) is 15.2 Å². The van der Waals surface area contributed by atoms with Gasteiger partial charge >= 0.3 is 6.01 Å². The van der Waals surface area contributed by atoms with Crippen LogP contribution in [0.4, 0.5) is 16.8 Å². The Morgan fingerprint density at radius 1 is 1.16 bits per heavy atom. The van der Waals surface area contributed by atoms with E-state index in [9.17, 15) is 0 Å². The van der Waals surface area contributed by atoms with Crippen LogP contribution in [0, 0.1) is 11.3 Å². The van der Waals surface area contributed by atoms with E-state index in [2.05, 4.69) is 57.3 Å². The van der Waals surface area contributed by atoms with Crippen LogP contribution in [0.15, 0.2) is 36.0 Å². The van der Waals surface area contributed by atoms with Gasteiger partial charge in [-0.05, 0) is 43.7 Å².